The summed E-state index contributed by atoms with van der Waals surface area (Å²) in [6.45, 7) is 5.42. The average molecular weight is 318 g/mol. The van der Waals surface area contributed by atoms with E-state index in [1.165, 1.54) is 5.56 Å². The Kier molecular flexibility index (Phi) is 5.98. The van der Waals surface area contributed by atoms with Crippen LogP contribution < -0.4 is 5.32 Å². The number of rotatable bonds is 6. The predicted molar refractivity (Wildman–Crippen MR) is 93.1 cm³/mol. The van der Waals surface area contributed by atoms with Gasteiger partial charge in [-0.3, -0.25) is 0 Å². The van der Waals surface area contributed by atoms with Gasteiger partial charge in [0, 0.05) is 19.3 Å². The van der Waals surface area contributed by atoms with Crippen molar-refractivity contribution in [2.24, 2.45) is 0 Å². The largest absolute Gasteiger partial charge is 0.467 e. The van der Waals surface area contributed by atoms with Gasteiger partial charge < -0.3 is 19.4 Å². The predicted octanol–water partition coefficient (Wildman–Crippen LogP) is 3.99. The molecule has 5 heteroatoms. The summed E-state index contributed by atoms with van der Waals surface area (Å²) in [7, 11) is 1.69. The van der Waals surface area contributed by atoms with Crippen LogP contribution in [0.3, 0.4) is 0 Å². The van der Waals surface area contributed by atoms with Crippen molar-refractivity contribution in [2.45, 2.75) is 19.9 Å². The molecule has 22 heavy (non-hydrogen) atoms. The van der Waals surface area contributed by atoms with E-state index in [1.54, 1.807) is 13.4 Å². The zero-order valence-corrected chi connectivity index (χ0v) is 14.0. The molecule has 0 amide bonds. The molecular formula is C17H22N2O2S. The zero-order chi connectivity index (χ0) is 15.9. The number of thiocarbonyl (C=S) groups is 1. The van der Waals surface area contributed by atoms with Gasteiger partial charge in [0.25, 0.3) is 0 Å². The highest BCUT2D eigenvalue weighted by molar-refractivity contribution is 7.80. The van der Waals surface area contributed by atoms with Crippen LogP contribution in [0.5, 0.6) is 0 Å². The fraction of sp³-hybridized carbons (Fsp3) is 0.353. The number of nitrogens with zero attached hydrogens (tertiary/aromatic N) is 1. The third kappa shape index (κ3) is 4.32. The molecule has 2 aromatic rings. The molecule has 1 heterocycles. The summed E-state index contributed by atoms with van der Waals surface area (Å²) in [6.07, 6.45) is 1.68. The van der Waals surface area contributed by atoms with Gasteiger partial charge in [-0.15, -0.1) is 0 Å². The first-order valence-electron chi connectivity index (χ1n) is 7.28. The van der Waals surface area contributed by atoms with Crippen molar-refractivity contribution >= 4 is 23.0 Å². The first kappa shape index (κ1) is 16.5. The van der Waals surface area contributed by atoms with E-state index in [4.69, 9.17) is 21.4 Å². The van der Waals surface area contributed by atoms with Gasteiger partial charge in [0.05, 0.1) is 18.9 Å². The topological polar surface area (TPSA) is 37.6 Å². The molecule has 0 aliphatic heterocycles. The second-order valence-corrected chi connectivity index (χ2v) is 5.56. The zero-order valence-electron chi connectivity index (χ0n) is 13.2. The molecule has 1 aromatic carbocycles. The molecule has 0 radical (unpaired) electrons. The molecule has 118 valence electrons. The average Bonchev–Trinajstić information content (AvgIpc) is 3.04. The summed E-state index contributed by atoms with van der Waals surface area (Å²) in [5.41, 5.74) is 2.20. The van der Waals surface area contributed by atoms with E-state index in [0.29, 0.717) is 18.3 Å². The Hall–Kier alpha value is -1.85. The maximum Gasteiger partial charge on any atom is 0.174 e. The minimum absolute atomic E-state index is 0.0376. The van der Waals surface area contributed by atoms with E-state index < -0.39 is 0 Å². The highest BCUT2D eigenvalue weighted by Crippen LogP contribution is 2.22. The highest BCUT2D eigenvalue weighted by Gasteiger charge is 2.20. The van der Waals surface area contributed by atoms with Gasteiger partial charge in [0.15, 0.2) is 5.11 Å². The van der Waals surface area contributed by atoms with E-state index in [-0.39, 0.29) is 6.04 Å². The Labute approximate surface area is 137 Å². The molecule has 0 spiro atoms. The third-order valence-corrected chi connectivity index (χ3v) is 3.86. The van der Waals surface area contributed by atoms with Crippen LogP contribution in [0.2, 0.25) is 0 Å². The first-order chi connectivity index (χ1) is 10.6. The Morgan fingerprint density at radius 3 is 2.64 bits per heavy atom. The second kappa shape index (κ2) is 7.96. The number of ether oxygens (including phenoxy) is 1. The number of nitrogens with one attached hydrogen (secondary N) is 1. The molecule has 2 rings (SSSR count). The van der Waals surface area contributed by atoms with Gasteiger partial charge in [-0.2, -0.15) is 0 Å². The van der Waals surface area contributed by atoms with Crippen LogP contribution in [0.4, 0.5) is 5.69 Å². The van der Waals surface area contributed by atoms with Crippen LogP contribution in [0.15, 0.2) is 47.1 Å². The Morgan fingerprint density at radius 2 is 2.05 bits per heavy atom. The molecule has 1 aromatic heterocycles. The standard InChI is InChI=1S/C17H22N2O2S/c1-13-6-8-15(9-7-13)18-17(22)19(10-12-20-3)14(2)16-5-4-11-21-16/h4-9,11,14H,10,12H2,1-3H3,(H,18,22)/t14-/m1/s1. The van der Waals surface area contributed by atoms with E-state index in [1.807, 2.05) is 24.3 Å². The van der Waals surface area contributed by atoms with Crippen molar-refractivity contribution in [3.63, 3.8) is 0 Å². The molecule has 0 bridgehead atoms. The van der Waals surface area contributed by atoms with Crippen molar-refractivity contribution in [3.8, 4) is 0 Å². The van der Waals surface area contributed by atoms with Crippen molar-refractivity contribution < 1.29 is 9.15 Å². The molecule has 0 aliphatic carbocycles. The lowest BCUT2D eigenvalue weighted by Crippen LogP contribution is -2.38. The van der Waals surface area contributed by atoms with Crippen molar-refractivity contribution in [1.82, 2.24) is 4.90 Å². The van der Waals surface area contributed by atoms with E-state index >= 15 is 0 Å². The molecule has 0 unspecified atom stereocenters. The van der Waals surface area contributed by atoms with Crippen LogP contribution in [-0.2, 0) is 4.74 Å². The van der Waals surface area contributed by atoms with E-state index in [9.17, 15) is 0 Å². The summed E-state index contributed by atoms with van der Waals surface area (Å²) >= 11 is 5.57. The van der Waals surface area contributed by atoms with Crippen molar-refractivity contribution in [2.75, 3.05) is 25.6 Å². The van der Waals surface area contributed by atoms with Gasteiger partial charge in [0.2, 0.25) is 0 Å². The maximum absolute atomic E-state index is 5.57. The van der Waals surface area contributed by atoms with E-state index in [2.05, 4.69) is 36.2 Å². The van der Waals surface area contributed by atoms with Gasteiger partial charge in [-0.05, 0) is 50.3 Å². The van der Waals surface area contributed by atoms with Crippen LogP contribution in [0, 0.1) is 6.92 Å². The smallest absolute Gasteiger partial charge is 0.174 e. The van der Waals surface area contributed by atoms with Gasteiger partial charge in [-0.1, -0.05) is 17.7 Å². The molecule has 0 fully saturated rings. The molecule has 1 atom stereocenters. The van der Waals surface area contributed by atoms with Crippen LogP contribution >= 0.6 is 12.2 Å². The molecule has 1 N–H and O–H groups in total. The summed E-state index contributed by atoms with van der Waals surface area (Å²) < 4.78 is 10.7. The van der Waals surface area contributed by atoms with Crippen LogP contribution in [-0.4, -0.2) is 30.3 Å². The SMILES string of the molecule is COCCN(C(=S)Nc1ccc(C)cc1)[C@H](C)c1ccco1. The quantitative estimate of drug-likeness (QED) is 0.815. The number of aryl methyl sites for hydroxylation is 1. The van der Waals surface area contributed by atoms with Gasteiger partial charge in [0.1, 0.15) is 5.76 Å². The van der Waals surface area contributed by atoms with E-state index in [0.717, 1.165) is 11.4 Å². The summed E-state index contributed by atoms with van der Waals surface area (Å²) in [5.74, 6) is 0.879. The van der Waals surface area contributed by atoms with Crippen molar-refractivity contribution in [3.05, 3.63) is 54.0 Å². The number of hydrogen-bond donors (Lipinski definition) is 1. The lowest BCUT2D eigenvalue weighted by atomic mass is 10.2. The summed E-state index contributed by atoms with van der Waals surface area (Å²) in [5, 5.41) is 3.94. The first-order valence-corrected chi connectivity index (χ1v) is 7.69. The fourth-order valence-electron chi connectivity index (χ4n) is 2.18. The minimum Gasteiger partial charge on any atom is -0.467 e. The van der Waals surface area contributed by atoms with Crippen molar-refractivity contribution in [1.29, 1.82) is 0 Å². The Bertz CT molecular complexity index is 581. The number of hydrogen-bond acceptors (Lipinski definition) is 3. The monoisotopic (exact) mass is 318 g/mol. The van der Waals surface area contributed by atoms with Gasteiger partial charge >= 0.3 is 0 Å². The summed E-state index contributed by atoms with van der Waals surface area (Å²) in [6, 6.07) is 12.0. The number of furan rings is 1. The fourth-order valence-corrected chi connectivity index (χ4v) is 2.54. The second-order valence-electron chi connectivity index (χ2n) is 5.17. The maximum atomic E-state index is 5.57. The summed E-state index contributed by atoms with van der Waals surface area (Å²) in [4.78, 5) is 2.07. The number of anilines is 1. The molecule has 4 nitrogen and oxygen atoms in total. The minimum atomic E-state index is 0.0376. The number of benzene rings is 1. The van der Waals surface area contributed by atoms with Gasteiger partial charge in [-0.25, -0.2) is 0 Å². The lowest BCUT2D eigenvalue weighted by molar-refractivity contribution is 0.160. The lowest BCUT2D eigenvalue weighted by Gasteiger charge is -2.30. The normalized spacial score (nSPS) is 12.0. The molecule has 0 saturated carbocycles. The third-order valence-electron chi connectivity index (χ3n) is 3.52. The highest BCUT2D eigenvalue weighted by atomic mass is 32.1. The molecular weight excluding hydrogens is 296 g/mol. The van der Waals surface area contributed by atoms with Crippen LogP contribution in [0.25, 0.3) is 0 Å². The Morgan fingerprint density at radius 1 is 1.32 bits per heavy atom. The number of methoxy groups -OCH3 is 1. The van der Waals surface area contributed by atoms with Crippen LogP contribution in [0.1, 0.15) is 24.3 Å². The Balaban J connectivity index is 2.10. The molecule has 0 aliphatic rings. The molecule has 0 saturated heterocycles.